The van der Waals surface area contributed by atoms with Crippen LogP contribution in [0.3, 0.4) is 0 Å². The zero-order valence-electron chi connectivity index (χ0n) is 33.4. The van der Waals surface area contributed by atoms with Crippen LogP contribution in [-0.4, -0.2) is 13.2 Å². The number of hydrogen-bond acceptors (Lipinski definition) is 9. The summed E-state index contributed by atoms with van der Waals surface area (Å²) in [5, 5.41) is 0. The third-order valence-electron chi connectivity index (χ3n) is 10.2. The van der Waals surface area contributed by atoms with Crippen molar-refractivity contribution in [3.8, 4) is 46.0 Å². The van der Waals surface area contributed by atoms with E-state index in [-0.39, 0.29) is 11.8 Å². The van der Waals surface area contributed by atoms with Crippen LogP contribution in [-0.2, 0) is 4.74 Å². The maximum absolute atomic E-state index is 6.75. The van der Waals surface area contributed by atoms with Gasteiger partial charge in [-0.2, -0.15) is 0 Å². The molecule has 304 valence electrons. The molecule has 0 saturated heterocycles. The lowest BCUT2D eigenvalue weighted by molar-refractivity contribution is 0.121. The van der Waals surface area contributed by atoms with Gasteiger partial charge in [0.05, 0.1) is 13.2 Å². The van der Waals surface area contributed by atoms with Gasteiger partial charge in [-0.15, -0.1) is 0 Å². The van der Waals surface area contributed by atoms with Gasteiger partial charge in [-0.1, -0.05) is 48.5 Å². The van der Waals surface area contributed by atoms with Gasteiger partial charge in [-0.3, -0.25) is 0 Å². The summed E-state index contributed by atoms with van der Waals surface area (Å²) in [5.41, 5.74) is 30.5. The molecule has 0 amide bonds. The largest absolute Gasteiger partial charge is 0.457 e. The lowest BCUT2D eigenvalue weighted by atomic mass is 9.90. The van der Waals surface area contributed by atoms with Crippen LogP contribution < -0.4 is 41.9 Å². The summed E-state index contributed by atoms with van der Waals surface area (Å²) in [7, 11) is 0. The first-order valence-electron chi connectivity index (χ1n) is 19.9. The monoisotopic (exact) mass is 806 g/mol. The standard InChI is InChI=1S/C52H46N4O5/c53-39-9-25-47(26-10-39)58-43-17-1-35(2-18-43)51(36-3-19-44(20-4-36)59-48-27-11-40(54)12-28-48)33-57-34-52(37-5-21-45(22-6-37)60-49-29-13-41(55)14-30-49)38-7-23-46(24-8-38)61-50-31-15-42(56)16-32-50/h1-32,51-52H,33-34,53-56H2. The summed E-state index contributed by atoms with van der Waals surface area (Å²) < 4.78 is 31.2. The zero-order chi connectivity index (χ0) is 42.0. The summed E-state index contributed by atoms with van der Waals surface area (Å²) in [6.45, 7) is 0.812. The van der Waals surface area contributed by atoms with Gasteiger partial charge in [0.2, 0.25) is 0 Å². The molecule has 8 aromatic rings. The number of rotatable bonds is 16. The summed E-state index contributed by atoms with van der Waals surface area (Å²) in [6, 6.07) is 61.8. The molecular weight excluding hydrogens is 761 g/mol. The van der Waals surface area contributed by atoms with Gasteiger partial charge in [0.15, 0.2) is 0 Å². The van der Waals surface area contributed by atoms with Crippen molar-refractivity contribution in [1.29, 1.82) is 0 Å². The molecule has 8 N–H and O–H groups in total. The second-order valence-corrected chi connectivity index (χ2v) is 14.6. The molecule has 9 heteroatoms. The van der Waals surface area contributed by atoms with Crippen molar-refractivity contribution in [2.45, 2.75) is 11.8 Å². The molecule has 0 atom stereocenters. The number of hydrogen-bond donors (Lipinski definition) is 4. The maximum Gasteiger partial charge on any atom is 0.127 e. The van der Waals surface area contributed by atoms with E-state index in [4.69, 9.17) is 46.6 Å². The average molecular weight is 807 g/mol. The topological polar surface area (TPSA) is 150 Å². The molecule has 0 spiro atoms. The minimum Gasteiger partial charge on any atom is -0.457 e. The van der Waals surface area contributed by atoms with Crippen molar-refractivity contribution in [2.75, 3.05) is 36.1 Å². The van der Waals surface area contributed by atoms with E-state index >= 15 is 0 Å². The molecule has 8 aromatic carbocycles. The van der Waals surface area contributed by atoms with Crippen LogP contribution in [0.5, 0.6) is 46.0 Å². The van der Waals surface area contributed by atoms with E-state index in [1.807, 2.05) is 146 Å². The van der Waals surface area contributed by atoms with Gasteiger partial charge in [0.1, 0.15) is 46.0 Å². The van der Waals surface area contributed by atoms with Crippen molar-refractivity contribution in [2.24, 2.45) is 0 Å². The lowest BCUT2D eigenvalue weighted by Gasteiger charge is -2.23. The van der Waals surface area contributed by atoms with E-state index in [1.54, 1.807) is 0 Å². The predicted octanol–water partition coefficient (Wildman–Crippen LogP) is 12.2. The Hall–Kier alpha value is -7.88. The van der Waals surface area contributed by atoms with Crippen LogP contribution in [0.2, 0.25) is 0 Å². The highest BCUT2D eigenvalue weighted by Gasteiger charge is 2.20. The van der Waals surface area contributed by atoms with E-state index < -0.39 is 0 Å². The van der Waals surface area contributed by atoms with E-state index in [0.29, 0.717) is 82.0 Å². The fourth-order valence-electron chi connectivity index (χ4n) is 6.83. The van der Waals surface area contributed by atoms with E-state index in [0.717, 1.165) is 22.3 Å². The van der Waals surface area contributed by atoms with Crippen molar-refractivity contribution < 1.29 is 23.7 Å². The van der Waals surface area contributed by atoms with Crippen LogP contribution in [0.25, 0.3) is 0 Å². The molecule has 0 radical (unpaired) electrons. The lowest BCUT2D eigenvalue weighted by Crippen LogP contribution is -2.15. The number of nitrogen functional groups attached to an aromatic ring is 4. The van der Waals surface area contributed by atoms with E-state index in [9.17, 15) is 0 Å². The van der Waals surface area contributed by atoms with Gasteiger partial charge in [-0.25, -0.2) is 0 Å². The maximum atomic E-state index is 6.75. The molecule has 0 bridgehead atoms. The minimum atomic E-state index is -0.108. The highest BCUT2D eigenvalue weighted by Crippen LogP contribution is 2.34. The molecule has 0 aliphatic heterocycles. The highest BCUT2D eigenvalue weighted by atomic mass is 16.5. The molecule has 9 nitrogen and oxygen atoms in total. The molecule has 0 aliphatic carbocycles. The Morgan fingerprint density at radius 1 is 0.246 bits per heavy atom. The Balaban J connectivity index is 1.04. The normalized spacial score (nSPS) is 11.0. The molecule has 0 aliphatic rings. The van der Waals surface area contributed by atoms with Crippen molar-refractivity contribution in [3.63, 3.8) is 0 Å². The molecule has 61 heavy (non-hydrogen) atoms. The number of ether oxygens (including phenoxy) is 5. The van der Waals surface area contributed by atoms with Gasteiger partial charge in [0, 0.05) is 34.6 Å². The second kappa shape index (κ2) is 18.8. The minimum absolute atomic E-state index is 0.108. The first-order chi connectivity index (χ1) is 29.8. The summed E-state index contributed by atoms with van der Waals surface area (Å²) in [6.07, 6.45) is 0. The van der Waals surface area contributed by atoms with Crippen LogP contribution in [0.4, 0.5) is 22.7 Å². The van der Waals surface area contributed by atoms with Crippen LogP contribution in [0.15, 0.2) is 194 Å². The predicted molar refractivity (Wildman–Crippen MR) is 244 cm³/mol. The first-order valence-corrected chi connectivity index (χ1v) is 19.9. The van der Waals surface area contributed by atoms with E-state index in [1.165, 1.54) is 0 Å². The summed E-state index contributed by atoms with van der Waals surface area (Å²) >= 11 is 0. The Labute approximate surface area is 355 Å². The smallest absolute Gasteiger partial charge is 0.127 e. The average Bonchev–Trinajstić information content (AvgIpc) is 3.28. The van der Waals surface area contributed by atoms with Crippen LogP contribution in [0, 0.1) is 0 Å². The summed E-state index contributed by atoms with van der Waals surface area (Å²) in [5.74, 6) is 5.48. The summed E-state index contributed by atoms with van der Waals surface area (Å²) in [4.78, 5) is 0. The number of anilines is 4. The molecule has 0 unspecified atom stereocenters. The van der Waals surface area contributed by atoms with Crippen LogP contribution in [0.1, 0.15) is 34.1 Å². The third-order valence-corrected chi connectivity index (χ3v) is 10.2. The molecule has 0 fully saturated rings. The van der Waals surface area contributed by atoms with Crippen molar-refractivity contribution in [3.05, 3.63) is 216 Å². The number of nitrogens with two attached hydrogens (primary N) is 4. The third kappa shape index (κ3) is 10.8. The fraction of sp³-hybridized carbons (Fsp3) is 0.0769. The Morgan fingerprint density at radius 3 is 0.590 bits per heavy atom. The first kappa shape index (κ1) is 39.9. The Kier molecular flexibility index (Phi) is 12.3. The molecule has 0 aromatic heterocycles. The Morgan fingerprint density at radius 2 is 0.410 bits per heavy atom. The quantitative estimate of drug-likeness (QED) is 0.0700. The molecule has 8 rings (SSSR count). The fourth-order valence-corrected chi connectivity index (χ4v) is 6.83. The number of benzene rings is 8. The van der Waals surface area contributed by atoms with Gasteiger partial charge < -0.3 is 46.6 Å². The van der Waals surface area contributed by atoms with Crippen molar-refractivity contribution in [1.82, 2.24) is 0 Å². The SMILES string of the molecule is Nc1ccc(Oc2ccc(C(COCC(c3ccc(Oc4ccc(N)cc4)cc3)c3ccc(Oc4ccc(N)cc4)cc3)c3ccc(Oc4ccc(N)cc4)cc3)cc2)cc1. The highest BCUT2D eigenvalue weighted by molar-refractivity contribution is 5.48. The Bertz CT molecular complexity index is 2230. The molecule has 0 heterocycles. The van der Waals surface area contributed by atoms with Gasteiger partial charge in [-0.05, 0) is 168 Å². The van der Waals surface area contributed by atoms with Crippen LogP contribution >= 0.6 is 0 Å². The van der Waals surface area contributed by atoms with Gasteiger partial charge in [0.25, 0.3) is 0 Å². The molecule has 0 saturated carbocycles. The second-order valence-electron chi connectivity index (χ2n) is 14.6. The van der Waals surface area contributed by atoms with Crippen molar-refractivity contribution >= 4 is 22.7 Å². The van der Waals surface area contributed by atoms with Gasteiger partial charge >= 0.3 is 0 Å². The van der Waals surface area contributed by atoms with E-state index in [2.05, 4.69) is 48.5 Å². The molecular formula is C52H46N4O5. The zero-order valence-corrected chi connectivity index (χ0v) is 33.4.